The van der Waals surface area contributed by atoms with Gasteiger partial charge in [0.2, 0.25) is 10.0 Å². The number of sulfonamides is 1. The lowest BCUT2D eigenvalue weighted by Gasteiger charge is -2.20. The minimum absolute atomic E-state index is 0.251. The average molecular weight is 317 g/mol. The molecule has 0 bridgehead atoms. The second-order valence-electron chi connectivity index (χ2n) is 4.20. The van der Waals surface area contributed by atoms with E-state index < -0.39 is 44.5 Å². The van der Waals surface area contributed by atoms with Crippen molar-refractivity contribution in [2.75, 3.05) is 4.72 Å². The fourth-order valence-electron chi connectivity index (χ4n) is 1.76. The summed E-state index contributed by atoms with van der Waals surface area (Å²) in [6, 6.07) is 1.24. The van der Waals surface area contributed by atoms with E-state index in [1.807, 2.05) is 4.72 Å². The molecule has 0 radical (unpaired) electrons. The molecule has 1 aromatic carbocycles. The summed E-state index contributed by atoms with van der Waals surface area (Å²) in [7, 11) is -4.40. The zero-order valence-electron chi connectivity index (χ0n) is 10.6. The van der Waals surface area contributed by atoms with Crippen molar-refractivity contribution in [3.05, 3.63) is 29.8 Å². The zero-order chi connectivity index (χ0) is 15.8. The van der Waals surface area contributed by atoms with Crippen molar-refractivity contribution in [1.29, 1.82) is 0 Å². The Balaban J connectivity index is 2.36. The first kappa shape index (κ1) is 15.0. The molecule has 0 fully saturated rings. The minimum Gasteiger partial charge on any atom is -0.280 e. The van der Waals surface area contributed by atoms with Gasteiger partial charge >= 0.3 is 6.03 Å². The van der Waals surface area contributed by atoms with Gasteiger partial charge in [-0.15, -0.1) is 0 Å². The van der Waals surface area contributed by atoms with Crippen LogP contribution in [0.3, 0.4) is 0 Å². The van der Waals surface area contributed by atoms with Gasteiger partial charge in [-0.3, -0.25) is 14.8 Å². The third kappa shape index (κ3) is 3.05. The Morgan fingerprint density at radius 3 is 2.52 bits per heavy atom. The van der Waals surface area contributed by atoms with E-state index >= 15 is 0 Å². The number of anilines is 1. The predicted molar refractivity (Wildman–Crippen MR) is 69.3 cm³/mol. The number of rotatable bonds is 3. The van der Waals surface area contributed by atoms with Crippen LogP contribution in [-0.4, -0.2) is 31.3 Å². The number of nitrogens with one attached hydrogen (secondary N) is 2. The number of hydrogen-bond acceptors (Lipinski definition) is 4. The number of urea groups is 1. The first-order chi connectivity index (χ1) is 9.70. The monoisotopic (exact) mass is 317 g/mol. The molecule has 1 aliphatic heterocycles. The number of imide groups is 1. The zero-order valence-corrected chi connectivity index (χ0v) is 11.4. The highest BCUT2D eigenvalue weighted by Gasteiger charge is 2.39. The molecule has 0 spiro atoms. The fourth-order valence-corrected chi connectivity index (χ4v) is 3.19. The lowest BCUT2D eigenvalue weighted by molar-refractivity contribution is -0.118. The fraction of sp³-hybridized carbons (Fsp3) is 0.182. The molecule has 7 nitrogen and oxygen atoms in total. The highest BCUT2D eigenvalue weighted by molar-refractivity contribution is 7.94. The van der Waals surface area contributed by atoms with E-state index in [0.717, 1.165) is 12.1 Å². The Hall–Kier alpha value is -2.36. The summed E-state index contributed by atoms with van der Waals surface area (Å²) in [6.07, 6.45) is 0. The maximum Gasteiger partial charge on any atom is 0.347 e. The van der Waals surface area contributed by atoms with E-state index in [1.54, 1.807) is 5.32 Å². The lowest BCUT2D eigenvalue weighted by Crippen LogP contribution is -2.51. The molecule has 1 heterocycles. The lowest BCUT2D eigenvalue weighted by atomic mass is 10.2. The van der Waals surface area contributed by atoms with Gasteiger partial charge in [0.25, 0.3) is 5.91 Å². The Morgan fingerprint density at radius 1 is 1.29 bits per heavy atom. The first-order valence-electron chi connectivity index (χ1n) is 5.57. The van der Waals surface area contributed by atoms with Crippen molar-refractivity contribution >= 4 is 33.4 Å². The molecule has 0 aromatic heterocycles. The van der Waals surface area contributed by atoms with Crippen LogP contribution in [0.5, 0.6) is 0 Å². The molecule has 1 aliphatic rings. The standard InChI is InChI=1S/C11H9F2N3O4S/c1-5-9(10(17)15-11(18)14-5)21(19,20)16-8-3-2-6(12)4-7(8)13/h2-4,9,16H,1H3,(H,15,17,18). The van der Waals surface area contributed by atoms with Crippen molar-refractivity contribution in [3.63, 3.8) is 0 Å². The van der Waals surface area contributed by atoms with Gasteiger partial charge in [0.05, 0.1) is 11.4 Å². The third-order valence-electron chi connectivity index (χ3n) is 2.62. The molecule has 112 valence electrons. The van der Waals surface area contributed by atoms with Crippen LogP contribution in [0.1, 0.15) is 6.92 Å². The van der Waals surface area contributed by atoms with Gasteiger partial charge < -0.3 is 0 Å². The van der Waals surface area contributed by atoms with Crippen LogP contribution in [0.2, 0.25) is 0 Å². The molecular weight excluding hydrogens is 308 g/mol. The number of halogens is 2. The first-order valence-corrected chi connectivity index (χ1v) is 7.12. The molecule has 1 atom stereocenters. The van der Waals surface area contributed by atoms with Crippen molar-refractivity contribution < 1.29 is 26.8 Å². The van der Waals surface area contributed by atoms with E-state index in [2.05, 4.69) is 4.99 Å². The number of nitrogens with zero attached hydrogens (tertiary/aromatic N) is 1. The van der Waals surface area contributed by atoms with Crippen LogP contribution in [0, 0.1) is 11.6 Å². The Bertz CT molecular complexity index is 761. The molecular formula is C11H9F2N3O4S. The maximum absolute atomic E-state index is 13.5. The Kier molecular flexibility index (Phi) is 3.73. The van der Waals surface area contributed by atoms with Crippen molar-refractivity contribution in [1.82, 2.24) is 5.32 Å². The summed E-state index contributed by atoms with van der Waals surface area (Å²) in [5.74, 6) is -3.11. The number of carbonyl (C=O) groups is 2. The molecule has 0 aliphatic carbocycles. The normalized spacial score (nSPS) is 19.0. The number of aliphatic imine (C=N–C) groups is 1. The van der Waals surface area contributed by atoms with Gasteiger partial charge in [0, 0.05) is 6.07 Å². The molecule has 2 N–H and O–H groups in total. The summed E-state index contributed by atoms with van der Waals surface area (Å²) in [5.41, 5.74) is -0.771. The Morgan fingerprint density at radius 2 is 1.95 bits per heavy atom. The number of carbonyl (C=O) groups excluding carboxylic acids is 2. The van der Waals surface area contributed by atoms with Crippen LogP contribution in [-0.2, 0) is 14.8 Å². The summed E-state index contributed by atoms with van der Waals surface area (Å²) in [6.45, 7) is 1.18. The summed E-state index contributed by atoms with van der Waals surface area (Å²) in [4.78, 5) is 25.9. The highest BCUT2D eigenvalue weighted by Crippen LogP contribution is 2.19. The van der Waals surface area contributed by atoms with Crippen LogP contribution in [0.15, 0.2) is 23.2 Å². The SMILES string of the molecule is CC1=NC(=O)NC(=O)C1S(=O)(=O)Nc1ccc(F)cc1F. The van der Waals surface area contributed by atoms with E-state index in [9.17, 15) is 26.8 Å². The van der Waals surface area contributed by atoms with E-state index in [0.29, 0.717) is 6.07 Å². The molecule has 3 amide bonds. The van der Waals surface area contributed by atoms with Gasteiger partial charge in [-0.1, -0.05) is 0 Å². The summed E-state index contributed by atoms with van der Waals surface area (Å²) >= 11 is 0. The molecule has 0 saturated heterocycles. The predicted octanol–water partition coefficient (Wildman–Crippen LogP) is 0.786. The topological polar surface area (TPSA) is 105 Å². The van der Waals surface area contributed by atoms with Crippen LogP contribution >= 0.6 is 0 Å². The number of hydrogen-bond donors (Lipinski definition) is 2. The molecule has 1 unspecified atom stereocenters. The highest BCUT2D eigenvalue weighted by atomic mass is 32.2. The number of benzene rings is 1. The quantitative estimate of drug-likeness (QED) is 0.859. The summed E-state index contributed by atoms with van der Waals surface area (Å²) < 4.78 is 52.2. The molecule has 21 heavy (non-hydrogen) atoms. The molecule has 2 rings (SSSR count). The second-order valence-corrected chi connectivity index (χ2v) is 5.96. The van der Waals surface area contributed by atoms with E-state index in [1.165, 1.54) is 6.92 Å². The third-order valence-corrected chi connectivity index (χ3v) is 4.30. The van der Waals surface area contributed by atoms with Crippen molar-refractivity contribution in [2.45, 2.75) is 12.2 Å². The molecule has 1 aromatic rings. The van der Waals surface area contributed by atoms with Gasteiger partial charge in [-0.2, -0.15) is 0 Å². The van der Waals surface area contributed by atoms with Crippen molar-refractivity contribution in [3.8, 4) is 0 Å². The Labute approximate surface area is 118 Å². The molecule has 10 heteroatoms. The van der Waals surface area contributed by atoms with E-state index in [-0.39, 0.29) is 5.71 Å². The molecule has 0 saturated carbocycles. The summed E-state index contributed by atoms with van der Waals surface area (Å²) in [5, 5.41) is -0.0410. The van der Waals surface area contributed by atoms with Crippen LogP contribution in [0.4, 0.5) is 19.3 Å². The van der Waals surface area contributed by atoms with Gasteiger partial charge in [0.1, 0.15) is 11.6 Å². The average Bonchev–Trinajstić information content (AvgIpc) is 2.30. The smallest absolute Gasteiger partial charge is 0.280 e. The van der Waals surface area contributed by atoms with Crippen LogP contribution < -0.4 is 10.0 Å². The maximum atomic E-state index is 13.5. The number of amides is 3. The van der Waals surface area contributed by atoms with Crippen LogP contribution in [0.25, 0.3) is 0 Å². The van der Waals surface area contributed by atoms with Crippen molar-refractivity contribution in [2.24, 2.45) is 4.99 Å². The largest absolute Gasteiger partial charge is 0.347 e. The second kappa shape index (κ2) is 5.20. The van der Waals surface area contributed by atoms with E-state index in [4.69, 9.17) is 0 Å². The minimum atomic E-state index is -4.40. The van der Waals surface area contributed by atoms with Gasteiger partial charge in [-0.05, 0) is 19.1 Å². The van der Waals surface area contributed by atoms with Gasteiger partial charge in [-0.25, -0.2) is 27.0 Å². The van der Waals surface area contributed by atoms with Gasteiger partial charge in [0.15, 0.2) is 5.25 Å².